The second-order valence-electron chi connectivity index (χ2n) is 6.05. The molecule has 1 atom stereocenters. The quantitative estimate of drug-likeness (QED) is 0.825. The van der Waals surface area contributed by atoms with E-state index in [-0.39, 0.29) is 0 Å². The standard InChI is InChI=1S/C17H29N3/c1-4-20(13-7-12-19(2)3)14-15-10-11-18-17-9-6-5-8-16(15)17/h5-6,8-9,15,18H,4,7,10-14H2,1-3H3. The highest BCUT2D eigenvalue weighted by Crippen LogP contribution is 2.31. The first-order chi connectivity index (χ1) is 9.70. The average Bonchev–Trinajstić information content (AvgIpc) is 2.46. The monoisotopic (exact) mass is 275 g/mol. The van der Waals surface area contributed by atoms with Crippen LogP contribution < -0.4 is 5.32 Å². The molecule has 0 spiro atoms. The minimum atomic E-state index is 0.687. The van der Waals surface area contributed by atoms with Crippen molar-refractivity contribution in [1.29, 1.82) is 0 Å². The van der Waals surface area contributed by atoms with E-state index in [0.29, 0.717) is 5.92 Å². The summed E-state index contributed by atoms with van der Waals surface area (Å²) in [6.45, 7) is 8.13. The molecule has 20 heavy (non-hydrogen) atoms. The summed E-state index contributed by atoms with van der Waals surface area (Å²) in [5, 5.41) is 3.52. The van der Waals surface area contributed by atoms with Crippen LogP contribution in [0.15, 0.2) is 24.3 Å². The van der Waals surface area contributed by atoms with Crippen LogP contribution in [0, 0.1) is 0 Å². The van der Waals surface area contributed by atoms with Gasteiger partial charge in [-0.25, -0.2) is 0 Å². The molecule has 0 aliphatic carbocycles. The highest BCUT2D eigenvalue weighted by molar-refractivity contribution is 5.54. The third-order valence-corrected chi connectivity index (χ3v) is 4.21. The van der Waals surface area contributed by atoms with Crippen LogP contribution in [-0.4, -0.2) is 56.6 Å². The molecule has 0 radical (unpaired) electrons. The van der Waals surface area contributed by atoms with Crippen molar-refractivity contribution in [3.8, 4) is 0 Å². The number of rotatable bonds is 7. The van der Waals surface area contributed by atoms with Crippen molar-refractivity contribution in [2.75, 3.05) is 52.1 Å². The molecule has 0 saturated heterocycles. The zero-order valence-electron chi connectivity index (χ0n) is 13.2. The lowest BCUT2D eigenvalue weighted by Gasteiger charge is -2.31. The van der Waals surface area contributed by atoms with Gasteiger partial charge in [-0.15, -0.1) is 0 Å². The lowest BCUT2D eigenvalue weighted by atomic mass is 9.90. The number of nitrogens with one attached hydrogen (secondary N) is 1. The van der Waals surface area contributed by atoms with E-state index in [0.717, 1.165) is 13.1 Å². The van der Waals surface area contributed by atoms with Gasteiger partial charge in [0.05, 0.1) is 0 Å². The Morgan fingerprint density at radius 2 is 2.00 bits per heavy atom. The highest BCUT2D eigenvalue weighted by atomic mass is 15.1. The first kappa shape index (κ1) is 15.3. The predicted molar refractivity (Wildman–Crippen MR) is 87.6 cm³/mol. The van der Waals surface area contributed by atoms with Gasteiger partial charge >= 0.3 is 0 Å². The number of hydrogen-bond acceptors (Lipinski definition) is 3. The summed E-state index contributed by atoms with van der Waals surface area (Å²) in [4.78, 5) is 4.88. The maximum absolute atomic E-state index is 3.52. The molecule has 3 heteroatoms. The molecule has 0 aromatic heterocycles. The molecule has 1 unspecified atom stereocenters. The predicted octanol–water partition coefficient (Wildman–Crippen LogP) is 2.86. The maximum atomic E-state index is 3.52. The number of benzene rings is 1. The molecular weight excluding hydrogens is 246 g/mol. The van der Waals surface area contributed by atoms with E-state index in [9.17, 15) is 0 Å². The third-order valence-electron chi connectivity index (χ3n) is 4.21. The van der Waals surface area contributed by atoms with Gasteiger partial charge in [0.15, 0.2) is 0 Å². The first-order valence-electron chi connectivity index (χ1n) is 7.90. The second-order valence-corrected chi connectivity index (χ2v) is 6.05. The van der Waals surface area contributed by atoms with Gasteiger partial charge in [-0.3, -0.25) is 0 Å². The van der Waals surface area contributed by atoms with Crippen LogP contribution in [0.4, 0.5) is 5.69 Å². The fraction of sp³-hybridized carbons (Fsp3) is 0.647. The Kier molecular flexibility index (Phi) is 5.86. The lowest BCUT2D eigenvalue weighted by molar-refractivity contribution is 0.248. The second kappa shape index (κ2) is 7.65. The van der Waals surface area contributed by atoms with Gasteiger partial charge < -0.3 is 15.1 Å². The summed E-state index contributed by atoms with van der Waals surface area (Å²) in [7, 11) is 4.30. The van der Waals surface area contributed by atoms with Crippen LogP contribution >= 0.6 is 0 Å². The van der Waals surface area contributed by atoms with E-state index in [1.807, 2.05) is 0 Å². The van der Waals surface area contributed by atoms with Gasteiger partial charge in [-0.1, -0.05) is 25.1 Å². The molecule has 1 heterocycles. The van der Waals surface area contributed by atoms with Crippen molar-refractivity contribution in [1.82, 2.24) is 9.80 Å². The van der Waals surface area contributed by atoms with Crippen LogP contribution in [0.2, 0.25) is 0 Å². The van der Waals surface area contributed by atoms with Gasteiger partial charge in [0.25, 0.3) is 0 Å². The van der Waals surface area contributed by atoms with Crippen LogP contribution in [0.25, 0.3) is 0 Å². The normalized spacial score (nSPS) is 18.1. The molecule has 1 aromatic carbocycles. The summed E-state index contributed by atoms with van der Waals surface area (Å²) in [6, 6.07) is 8.80. The van der Waals surface area contributed by atoms with Gasteiger partial charge in [-0.05, 0) is 58.2 Å². The Hall–Kier alpha value is -1.06. The minimum absolute atomic E-state index is 0.687. The van der Waals surface area contributed by atoms with Crippen LogP contribution in [-0.2, 0) is 0 Å². The summed E-state index contributed by atoms with van der Waals surface area (Å²) in [5.41, 5.74) is 2.85. The number of nitrogens with zero attached hydrogens (tertiary/aromatic N) is 2. The van der Waals surface area contributed by atoms with E-state index >= 15 is 0 Å². The van der Waals surface area contributed by atoms with Gasteiger partial charge in [0.2, 0.25) is 0 Å². The van der Waals surface area contributed by atoms with Crippen molar-refractivity contribution in [2.24, 2.45) is 0 Å². The minimum Gasteiger partial charge on any atom is -0.385 e. The van der Waals surface area contributed by atoms with Crippen molar-refractivity contribution in [2.45, 2.75) is 25.7 Å². The van der Waals surface area contributed by atoms with Gasteiger partial charge in [0.1, 0.15) is 0 Å². The number of likely N-dealkylation sites (N-methyl/N-ethyl adjacent to an activating group) is 1. The molecule has 1 aliphatic heterocycles. The molecule has 1 aromatic rings. The lowest BCUT2D eigenvalue weighted by Crippen LogP contribution is -2.33. The fourth-order valence-electron chi connectivity index (χ4n) is 3.04. The van der Waals surface area contributed by atoms with E-state index in [2.05, 4.69) is 60.4 Å². The smallest absolute Gasteiger partial charge is 0.0376 e. The molecule has 1 N–H and O–H groups in total. The van der Waals surface area contributed by atoms with Crippen LogP contribution in [0.1, 0.15) is 31.2 Å². The molecular formula is C17H29N3. The van der Waals surface area contributed by atoms with E-state index in [1.54, 1.807) is 0 Å². The van der Waals surface area contributed by atoms with Gasteiger partial charge in [-0.2, -0.15) is 0 Å². The number of fused-ring (bicyclic) bond motifs is 1. The van der Waals surface area contributed by atoms with E-state index < -0.39 is 0 Å². The molecule has 1 aliphatic rings. The molecule has 0 saturated carbocycles. The maximum Gasteiger partial charge on any atom is 0.0376 e. The summed E-state index contributed by atoms with van der Waals surface area (Å²) >= 11 is 0. The number of para-hydroxylation sites is 1. The Labute approximate surface area is 124 Å². The van der Waals surface area contributed by atoms with Crippen molar-refractivity contribution in [3.63, 3.8) is 0 Å². The largest absolute Gasteiger partial charge is 0.385 e. The molecule has 0 fully saturated rings. The molecule has 2 rings (SSSR count). The van der Waals surface area contributed by atoms with Crippen molar-refractivity contribution in [3.05, 3.63) is 29.8 Å². The Morgan fingerprint density at radius 1 is 1.20 bits per heavy atom. The van der Waals surface area contributed by atoms with Crippen LogP contribution in [0.5, 0.6) is 0 Å². The number of hydrogen-bond donors (Lipinski definition) is 1. The third kappa shape index (κ3) is 4.22. The Bertz CT molecular complexity index is 403. The Morgan fingerprint density at radius 3 is 2.75 bits per heavy atom. The SMILES string of the molecule is CCN(CCCN(C)C)CC1CCNc2ccccc21. The highest BCUT2D eigenvalue weighted by Gasteiger charge is 2.21. The zero-order chi connectivity index (χ0) is 14.4. The molecule has 0 bridgehead atoms. The van der Waals surface area contributed by atoms with E-state index in [4.69, 9.17) is 0 Å². The Balaban J connectivity index is 1.91. The van der Waals surface area contributed by atoms with Crippen LogP contribution in [0.3, 0.4) is 0 Å². The summed E-state index contributed by atoms with van der Waals surface area (Å²) in [6.07, 6.45) is 2.51. The van der Waals surface area contributed by atoms with Crippen molar-refractivity contribution >= 4 is 5.69 Å². The fourth-order valence-corrected chi connectivity index (χ4v) is 3.04. The summed E-state index contributed by atoms with van der Waals surface area (Å²) < 4.78 is 0. The topological polar surface area (TPSA) is 18.5 Å². The first-order valence-corrected chi connectivity index (χ1v) is 7.90. The average molecular weight is 275 g/mol. The number of anilines is 1. The molecule has 3 nitrogen and oxygen atoms in total. The van der Waals surface area contributed by atoms with E-state index in [1.165, 1.54) is 43.7 Å². The van der Waals surface area contributed by atoms with Gasteiger partial charge in [0, 0.05) is 24.7 Å². The van der Waals surface area contributed by atoms with Crippen molar-refractivity contribution < 1.29 is 0 Å². The summed E-state index contributed by atoms with van der Waals surface area (Å²) in [5.74, 6) is 0.687. The molecule has 112 valence electrons. The molecule has 0 amide bonds. The zero-order valence-corrected chi connectivity index (χ0v) is 13.2.